The Kier molecular flexibility index (Phi) is 7.83. The topological polar surface area (TPSA) is 105 Å². The molecular formula is C19H23ClN2O6. The van der Waals surface area contributed by atoms with Gasteiger partial charge in [0, 0.05) is 30.8 Å². The van der Waals surface area contributed by atoms with Gasteiger partial charge >= 0.3 is 18.0 Å². The number of benzene rings is 1. The van der Waals surface area contributed by atoms with Gasteiger partial charge in [-0.1, -0.05) is 29.8 Å². The molecule has 2 rings (SSSR count). The van der Waals surface area contributed by atoms with Crippen molar-refractivity contribution in [2.24, 2.45) is 0 Å². The number of urea groups is 1. The molecule has 9 heteroatoms. The largest absolute Gasteiger partial charge is 0.481 e. The minimum Gasteiger partial charge on any atom is -0.481 e. The third-order valence-corrected chi connectivity index (χ3v) is 4.67. The van der Waals surface area contributed by atoms with E-state index in [1.54, 1.807) is 31.2 Å². The van der Waals surface area contributed by atoms with Crippen LogP contribution in [-0.2, 0) is 19.1 Å². The van der Waals surface area contributed by atoms with Crippen molar-refractivity contribution >= 4 is 29.6 Å². The minimum atomic E-state index is -0.952. The number of aliphatic carboxylic acids is 1. The number of amides is 2. The summed E-state index contributed by atoms with van der Waals surface area (Å²) < 4.78 is 10.2. The van der Waals surface area contributed by atoms with Crippen LogP contribution < -0.4 is 5.32 Å². The first-order chi connectivity index (χ1) is 13.4. The van der Waals surface area contributed by atoms with E-state index in [0.29, 0.717) is 16.3 Å². The van der Waals surface area contributed by atoms with E-state index in [1.165, 1.54) is 12.0 Å². The van der Waals surface area contributed by atoms with Crippen LogP contribution in [0.15, 0.2) is 35.5 Å². The number of nitrogens with one attached hydrogen (secondary N) is 1. The number of hydrogen-bond acceptors (Lipinski definition) is 5. The highest BCUT2D eigenvalue weighted by atomic mass is 35.5. The Hall–Kier alpha value is -2.58. The predicted octanol–water partition coefficient (Wildman–Crippen LogP) is 2.73. The molecule has 1 aromatic carbocycles. The van der Waals surface area contributed by atoms with Crippen LogP contribution in [-0.4, -0.2) is 54.8 Å². The molecule has 0 bridgehead atoms. The second-order valence-corrected chi connectivity index (χ2v) is 6.59. The van der Waals surface area contributed by atoms with E-state index in [2.05, 4.69) is 5.32 Å². The molecular weight excluding hydrogens is 388 g/mol. The number of hydrogen-bond donors (Lipinski definition) is 2. The van der Waals surface area contributed by atoms with Gasteiger partial charge < -0.3 is 19.9 Å². The van der Waals surface area contributed by atoms with Gasteiger partial charge in [-0.25, -0.2) is 9.59 Å². The van der Waals surface area contributed by atoms with Crippen LogP contribution in [0.4, 0.5) is 4.79 Å². The van der Waals surface area contributed by atoms with Crippen LogP contribution in [0.1, 0.15) is 31.4 Å². The maximum atomic E-state index is 12.8. The number of carboxylic acids is 1. The van der Waals surface area contributed by atoms with Gasteiger partial charge in [0.05, 0.1) is 18.2 Å². The van der Waals surface area contributed by atoms with E-state index in [-0.39, 0.29) is 38.2 Å². The van der Waals surface area contributed by atoms with Gasteiger partial charge in [0.1, 0.15) is 6.61 Å². The summed E-state index contributed by atoms with van der Waals surface area (Å²) in [6.45, 7) is 2.10. The molecule has 2 N–H and O–H groups in total. The number of carboxylic acid groups (broad SMARTS) is 1. The number of carbonyl (C=O) groups is 3. The van der Waals surface area contributed by atoms with Crippen LogP contribution in [0.25, 0.3) is 0 Å². The number of rotatable bonds is 9. The number of allylic oxidation sites excluding steroid dienone is 1. The molecule has 152 valence electrons. The number of nitrogens with zero attached hydrogens (tertiary/aromatic N) is 1. The lowest BCUT2D eigenvalue weighted by atomic mass is 9.94. The first-order valence-corrected chi connectivity index (χ1v) is 9.15. The fourth-order valence-corrected chi connectivity index (χ4v) is 3.19. The summed E-state index contributed by atoms with van der Waals surface area (Å²) in [6.07, 6.45) is 0.168. The normalized spacial score (nSPS) is 16.8. The zero-order chi connectivity index (χ0) is 20.7. The van der Waals surface area contributed by atoms with Gasteiger partial charge in [-0.05, 0) is 25.0 Å². The molecule has 0 unspecified atom stereocenters. The van der Waals surface area contributed by atoms with E-state index in [9.17, 15) is 14.4 Å². The Morgan fingerprint density at radius 2 is 2.00 bits per heavy atom. The summed E-state index contributed by atoms with van der Waals surface area (Å²) >= 11 is 6.28. The van der Waals surface area contributed by atoms with Gasteiger partial charge in [0.15, 0.2) is 0 Å². The van der Waals surface area contributed by atoms with Crippen LogP contribution in [0, 0.1) is 0 Å². The number of methoxy groups -OCH3 is 1. The zero-order valence-electron chi connectivity index (χ0n) is 15.7. The van der Waals surface area contributed by atoms with E-state index >= 15 is 0 Å². The fraction of sp³-hybridized carbons (Fsp3) is 0.421. The highest BCUT2D eigenvalue weighted by Crippen LogP contribution is 2.34. The van der Waals surface area contributed by atoms with Crippen molar-refractivity contribution in [2.45, 2.75) is 25.8 Å². The summed E-state index contributed by atoms with van der Waals surface area (Å²) in [5.74, 6) is -1.55. The lowest BCUT2D eigenvalue weighted by Gasteiger charge is -2.35. The van der Waals surface area contributed by atoms with Crippen molar-refractivity contribution in [3.8, 4) is 0 Å². The molecule has 1 aromatic rings. The average molecular weight is 411 g/mol. The van der Waals surface area contributed by atoms with Crippen molar-refractivity contribution in [1.82, 2.24) is 10.2 Å². The van der Waals surface area contributed by atoms with Crippen molar-refractivity contribution in [3.63, 3.8) is 0 Å². The summed E-state index contributed by atoms with van der Waals surface area (Å²) in [6, 6.07) is 5.71. The van der Waals surface area contributed by atoms with E-state index < -0.39 is 24.0 Å². The zero-order valence-corrected chi connectivity index (χ0v) is 16.5. The molecule has 1 heterocycles. The van der Waals surface area contributed by atoms with Crippen molar-refractivity contribution in [1.29, 1.82) is 0 Å². The predicted molar refractivity (Wildman–Crippen MR) is 102 cm³/mol. The molecule has 28 heavy (non-hydrogen) atoms. The Labute approximate surface area is 168 Å². The van der Waals surface area contributed by atoms with Gasteiger partial charge in [0.2, 0.25) is 0 Å². The Bertz CT molecular complexity index is 779. The third kappa shape index (κ3) is 5.24. The Balaban J connectivity index is 2.38. The molecule has 0 saturated heterocycles. The molecule has 0 spiro atoms. The van der Waals surface area contributed by atoms with Crippen molar-refractivity contribution in [3.05, 3.63) is 46.1 Å². The highest BCUT2D eigenvalue weighted by molar-refractivity contribution is 6.31. The monoisotopic (exact) mass is 410 g/mol. The summed E-state index contributed by atoms with van der Waals surface area (Å²) in [7, 11) is 1.50. The number of ether oxygens (including phenoxy) is 2. The molecule has 0 fully saturated rings. The molecule has 1 aliphatic rings. The van der Waals surface area contributed by atoms with E-state index in [1.807, 2.05) is 0 Å². The van der Waals surface area contributed by atoms with Crippen LogP contribution in [0.2, 0.25) is 5.02 Å². The molecule has 1 atom stereocenters. The molecule has 0 saturated carbocycles. The van der Waals surface area contributed by atoms with E-state index in [0.717, 1.165) is 0 Å². The molecule has 1 aliphatic heterocycles. The second kappa shape index (κ2) is 10.1. The molecule has 8 nitrogen and oxygen atoms in total. The molecule has 0 aromatic heterocycles. The maximum absolute atomic E-state index is 12.8. The Morgan fingerprint density at radius 1 is 1.29 bits per heavy atom. The quantitative estimate of drug-likeness (QED) is 0.479. The smallest absolute Gasteiger partial charge is 0.338 e. The molecule has 2 amide bonds. The minimum absolute atomic E-state index is 0.0638. The third-order valence-electron chi connectivity index (χ3n) is 4.33. The van der Waals surface area contributed by atoms with Crippen LogP contribution in [0.5, 0.6) is 0 Å². The first kappa shape index (κ1) is 21.7. The van der Waals surface area contributed by atoms with Gasteiger partial charge in [-0.3, -0.25) is 9.69 Å². The van der Waals surface area contributed by atoms with Crippen molar-refractivity contribution < 1.29 is 29.0 Å². The standard InChI is InChI=1S/C19H23ClN2O6/c1-12-16(18(25)28-11-10-27-2)17(13-6-3-4-7-14(13)20)21-19(26)22(12)9-5-8-15(23)24/h3-4,6-7,17H,5,8-11H2,1-2H3,(H,21,26)(H,23,24)/t17-/m1/s1. The lowest BCUT2D eigenvalue weighted by molar-refractivity contribution is -0.141. The Morgan fingerprint density at radius 3 is 2.64 bits per heavy atom. The maximum Gasteiger partial charge on any atom is 0.338 e. The van der Waals surface area contributed by atoms with E-state index in [4.69, 9.17) is 26.2 Å². The van der Waals surface area contributed by atoms with Crippen LogP contribution in [0.3, 0.4) is 0 Å². The second-order valence-electron chi connectivity index (χ2n) is 6.18. The van der Waals surface area contributed by atoms with Gasteiger partial charge in [-0.15, -0.1) is 0 Å². The number of esters is 1. The summed E-state index contributed by atoms with van der Waals surface area (Å²) in [4.78, 5) is 37.5. The summed E-state index contributed by atoms with van der Waals surface area (Å²) in [5, 5.41) is 12.0. The highest BCUT2D eigenvalue weighted by Gasteiger charge is 2.37. The lowest BCUT2D eigenvalue weighted by Crippen LogP contribution is -2.48. The fourth-order valence-electron chi connectivity index (χ4n) is 2.94. The number of halogens is 1. The molecule has 0 aliphatic carbocycles. The number of carbonyl (C=O) groups excluding carboxylic acids is 2. The first-order valence-electron chi connectivity index (χ1n) is 8.78. The summed E-state index contributed by atoms with van der Waals surface area (Å²) in [5.41, 5.74) is 1.22. The SMILES string of the molecule is COCCOC(=O)C1=C(C)N(CCCC(=O)O)C(=O)N[C@@H]1c1ccccc1Cl. The van der Waals surface area contributed by atoms with Crippen molar-refractivity contribution in [2.75, 3.05) is 26.9 Å². The van der Waals surface area contributed by atoms with Gasteiger partial charge in [0.25, 0.3) is 0 Å². The van der Waals surface area contributed by atoms with Gasteiger partial charge in [-0.2, -0.15) is 0 Å². The average Bonchev–Trinajstić information content (AvgIpc) is 2.64. The molecule has 0 radical (unpaired) electrons. The van der Waals surface area contributed by atoms with Crippen LogP contribution >= 0.6 is 11.6 Å².